The molecule has 0 bridgehead atoms. The Kier molecular flexibility index (Phi) is 11.8. The predicted molar refractivity (Wildman–Crippen MR) is 228 cm³/mol. The highest BCUT2D eigenvalue weighted by molar-refractivity contribution is 6.30. The number of carboxylic acid groups (broad SMARTS) is 1. The monoisotopic (exact) mass is 807 g/mol. The summed E-state index contributed by atoms with van der Waals surface area (Å²) in [6.45, 7) is 7.97. The van der Waals surface area contributed by atoms with Crippen molar-refractivity contribution >= 4 is 23.3 Å². The minimum Gasteiger partial charge on any atom is -0.497 e. The number of aliphatic carboxylic acids is 1. The number of aryl methyl sites for hydroxylation is 1. The van der Waals surface area contributed by atoms with Crippen LogP contribution in [0.4, 0.5) is 5.69 Å². The number of hydrogen-bond acceptors (Lipinski definition) is 8. The lowest BCUT2D eigenvalue weighted by molar-refractivity contribution is -0.144. The van der Waals surface area contributed by atoms with Crippen LogP contribution in [0.25, 0.3) is 0 Å². The van der Waals surface area contributed by atoms with Gasteiger partial charge < -0.3 is 34.3 Å². The molecule has 1 saturated carbocycles. The number of nitrogens with one attached hydrogen (secondary N) is 1. The van der Waals surface area contributed by atoms with Crippen LogP contribution in [0, 0.1) is 17.8 Å². The van der Waals surface area contributed by atoms with Crippen molar-refractivity contribution in [2.45, 2.75) is 95.1 Å². The number of halogens is 1. The van der Waals surface area contributed by atoms with E-state index in [1.54, 1.807) is 7.11 Å². The zero-order valence-corrected chi connectivity index (χ0v) is 35.2. The smallest absolute Gasteiger partial charge is 0.329 e. The molecule has 10 heteroatoms. The molecule has 4 aliphatic rings. The molecule has 0 radical (unpaired) electrons. The number of carboxylic acids is 1. The number of carbonyl (C=O) groups is 1. The number of pyridine rings is 1. The van der Waals surface area contributed by atoms with Crippen molar-refractivity contribution in [3.63, 3.8) is 0 Å². The van der Waals surface area contributed by atoms with E-state index in [9.17, 15) is 9.90 Å². The summed E-state index contributed by atoms with van der Waals surface area (Å²) in [5.74, 6) is 3.85. The number of rotatable bonds is 13. The number of ether oxygens (including phenoxy) is 4. The molecule has 4 aromatic rings. The molecule has 58 heavy (non-hydrogen) atoms. The largest absolute Gasteiger partial charge is 0.497 e. The molecule has 1 aromatic heterocycles. The summed E-state index contributed by atoms with van der Waals surface area (Å²) in [6.07, 6.45) is 9.58. The van der Waals surface area contributed by atoms with Crippen LogP contribution in [0.1, 0.15) is 92.7 Å². The molecule has 1 aliphatic heterocycles. The molecule has 0 amide bonds. The van der Waals surface area contributed by atoms with Crippen molar-refractivity contribution in [1.29, 1.82) is 0 Å². The number of fused-ring (bicyclic) bond motifs is 4. The summed E-state index contributed by atoms with van der Waals surface area (Å²) in [7, 11) is 3.83. The average Bonchev–Trinajstić information content (AvgIpc) is 3.33. The van der Waals surface area contributed by atoms with Gasteiger partial charge in [0.05, 0.1) is 26.9 Å². The maximum absolute atomic E-state index is 13.1. The van der Waals surface area contributed by atoms with Crippen LogP contribution in [0.15, 0.2) is 72.9 Å². The second-order valence-corrected chi connectivity index (χ2v) is 18.1. The summed E-state index contributed by atoms with van der Waals surface area (Å²) >= 11 is 6.33. The van der Waals surface area contributed by atoms with Crippen LogP contribution in [-0.2, 0) is 29.6 Å². The van der Waals surface area contributed by atoms with Crippen LogP contribution < -0.4 is 24.3 Å². The fourth-order valence-corrected chi connectivity index (χ4v) is 10.7. The zero-order valence-electron chi connectivity index (χ0n) is 34.4. The third-order valence-corrected chi connectivity index (χ3v) is 13.7. The molecule has 1 fully saturated rings. The Bertz CT molecular complexity index is 2100. The van der Waals surface area contributed by atoms with Gasteiger partial charge in [-0.05, 0) is 153 Å². The normalized spacial score (nSPS) is 25.4. The highest BCUT2D eigenvalue weighted by Crippen LogP contribution is 2.58. The van der Waals surface area contributed by atoms with Gasteiger partial charge in [-0.15, -0.1) is 0 Å². The Morgan fingerprint density at radius 3 is 2.59 bits per heavy atom. The molecule has 4 atom stereocenters. The number of hydrogen-bond donors (Lipinski definition) is 2. The number of nitrogens with zero attached hydrogens (tertiary/aromatic N) is 2. The molecular weight excluding hydrogens is 750 g/mol. The minimum absolute atomic E-state index is 0.192. The van der Waals surface area contributed by atoms with E-state index in [0.29, 0.717) is 49.5 Å². The second-order valence-electron chi connectivity index (χ2n) is 17.7. The summed E-state index contributed by atoms with van der Waals surface area (Å²) in [5.41, 5.74) is 5.67. The zero-order chi connectivity index (χ0) is 40.4. The molecule has 3 aliphatic carbocycles. The molecule has 2 unspecified atom stereocenters. The van der Waals surface area contributed by atoms with E-state index in [-0.39, 0.29) is 17.3 Å². The van der Waals surface area contributed by atoms with Crippen molar-refractivity contribution in [3.05, 3.63) is 106 Å². The molecule has 8 rings (SSSR count). The third kappa shape index (κ3) is 8.35. The van der Waals surface area contributed by atoms with E-state index >= 15 is 0 Å². The van der Waals surface area contributed by atoms with Crippen LogP contribution in [0.3, 0.4) is 0 Å². The fourth-order valence-electron chi connectivity index (χ4n) is 10.5. The molecular formula is C48H58ClN3O6. The van der Waals surface area contributed by atoms with Crippen LogP contribution >= 0.6 is 11.6 Å². The van der Waals surface area contributed by atoms with Crippen molar-refractivity contribution < 1.29 is 28.8 Å². The first-order valence-corrected chi connectivity index (χ1v) is 21.5. The van der Waals surface area contributed by atoms with Crippen molar-refractivity contribution in [1.82, 2.24) is 9.88 Å². The van der Waals surface area contributed by atoms with E-state index < -0.39 is 11.5 Å². The molecule has 3 aromatic carbocycles. The lowest BCUT2D eigenvalue weighted by Crippen LogP contribution is -2.53. The topological polar surface area (TPSA) is 102 Å². The van der Waals surface area contributed by atoms with Gasteiger partial charge in [0.15, 0.2) is 11.5 Å². The first-order valence-electron chi connectivity index (χ1n) is 21.2. The van der Waals surface area contributed by atoms with Gasteiger partial charge in [0, 0.05) is 47.2 Å². The minimum atomic E-state index is -1.09. The van der Waals surface area contributed by atoms with E-state index in [0.717, 1.165) is 80.3 Å². The average molecular weight is 808 g/mol. The molecule has 2 N–H and O–H groups in total. The Morgan fingerprint density at radius 2 is 1.83 bits per heavy atom. The maximum Gasteiger partial charge on any atom is 0.329 e. The van der Waals surface area contributed by atoms with E-state index in [2.05, 4.69) is 55.4 Å². The summed E-state index contributed by atoms with van der Waals surface area (Å²) < 4.78 is 25.2. The molecule has 308 valence electrons. The first kappa shape index (κ1) is 40.3. The van der Waals surface area contributed by atoms with E-state index in [4.69, 9.17) is 35.5 Å². The van der Waals surface area contributed by atoms with Gasteiger partial charge in [-0.3, -0.25) is 4.98 Å². The standard InChI is InChI=1S/C48H58ClN3O6/c1-31(28-56-42-14-19-50-41-13-5-8-32(2)45(41)42)20-36-22-35-23-43-44(58-30-34(29-57-43)27-52(3)26-33-9-6-12-39(21-33)55-4)25-40(35)47(36)15-17-48(18-16-47,46(53)54)51-38-11-7-10-37(49)24-38/h6-7,9-12,14,19,21,23-25,31-32,34,36,51H,5,8,13,15-18,20,22,26-30H2,1-4H3,(H,53,54)/t31-,32-,34?,36?,47?,48?/m1/s1. The third-order valence-electron chi connectivity index (χ3n) is 13.5. The van der Waals surface area contributed by atoms with Gasteiger partial charge in [0.1, 0.15) is 17.0 Å². The highest BCUT2D eigenvalue weighted by atomic mass is 35.5. The van der Waals surface area contributed by atoms with Gasteiger partial charge in [-0.2, -0.15) is 0 Å². The van der Waals surface area contributed by atoms with Crippen LogP contribution in [0.2, 0.25) is 5.02 Å². The van der Waals surface area contributed by atoms with E-state index in [1.165, 1.54) is 34.4 Å². The lowest BCUT2D eigenvalue weighted by atomic mass is 9.59. The van der Waals surface area contributed by atoms with Gasteiger partial charge in [-0.1, -0.05) is 43.6 Å². The quantitative estimate of drug-likeness (QED) is 0.137. The van der Waals surface area contributed by atoms with Gasteiger partial charge in [-0.25, -0.2) is 4.79 Å². The maximum atomic E-state index is 13.1. The predicted octanol–water partition coefficient (Wildman–Crippen LogP) is 9.73. The number of methoxy groups -OCH3 is 1. The molecule has 2 heterocycles. The van der Waals surface area contributed by atoms with Crippen LogP contribution in [-0.4, -0.2) is 67.0 Å². The van der Waals surface area contributed by atoms with Crippen LogP contribution in [0.5, 0.6) is 23.0 Å². The number of aromatic nitrogens is 1. The Labute approximate surface area is 348 Å². The highest BCUT2D eigenvalue weighted by Gasteiger charge is 2.54. The van der Waals surface area contributed by atoms with Crippen molar-refractivity contribution in [3.8, 4) is 23.0 Å². The SMILES string of the molecule is COc1cccc(CN(C)CC2COc3cc4c(cc3OC2)C2(CCC(Nc3cccc(Cl)c3)(C(=O)O)CC2)C(C[C@@H](C)COc2ccnc3c2[C@H](C)CCC3)C4)c1. The summed E-state index contributed by atoms with van der Waals surface area (Å²) in [6, 6.07) is 22.1. The second kappa shape index (κ2) is 17.0. The van der Waals surface area contributed by atoms with Crippen molar-refractivity contribution in [2.75, 3.05) is 45.8 Å². The summed E-state index contributed by atoms with van der Waals surface area (Å²) in [5, 5.41) is 14.8. The Hall–Kier alpha value is -4.47. The number of anilines is 1. The Morgan fingerprint density at radius 1 is 1.05 bits per heavy atom. The molecule has 0 saturated heterocycles. The van der Waals surface area contributed by atoms with E-state index in [1.807, 2.05) is 48.7 Å². The molecule has 9 nitrogen and oxygen atoms in total. The van der Waals surface area contributed by atoms with Gasteiger partial charge in [0.25, 0.3) is 0 Å². The first-order chi connectivity index (χ1) is 28.0. The summed E-state index contributed by atoms with van der Waals surface area (Å²) in [4.78, 5) is 20.1. The van der Waals surface area contributed by atoms with Gasteiger partial charge >= 0.3 is 5.97 Å². The van der Waals surface area contributed by atoms with Crippen molar-refractivity contribution in [2.24, 2.45) is 17.8 Å². The number of benzene rings is 3. The Balaban J connectivity index is 1.01. The fraction of sp³-hybridized carbons (Fsp3) is 0.500. The lowest BCUT2D eigenvalue weighted by Gasteiger charge is -2.47. The molecule has 1 spiro atoms. The van der Waals surface area contributed by atoms with Gasteiger partial charge in [0.2, 0.25) is 0 Å².